The lowest BCUT2D eigenvalue weighted by Crippen LogP contribution is -2.41. The van der Waals surface area contributed by atoms with Crippen LogP contribution in [0.2, 0.25) is 0 Å². The minimum atomic E-state index is -0.167. The summed E-state index contributed by atoms with van der Waals surface area (Å²) in [5.74, 6) is 0.271. The predicted molar refractivity (Wildman–Crippen MR) is 109 cm³/mol. The topological polar surface area (TPSA) is 97.4 Å². The van der Waals surface area contributed by atoms with E-state index in [1.807, 2.05) is 18.0 Å². The van der Waals surface area contributed by atoms with Crippen LogP contribution in [0.15, 0.2) is 36.9 Å². The van der Waals surface area contributed by atoms with E-state index in [1.165, 1.54) is 0 Å². The summed E-state index contributed by atoms with van der Waals surface area (Å²) >= 11 is 0. The van der Waals surface area contributed by atoms with Crippen molar-refractivity contribution in [3.63, 3.8) is 0 Å². The first-order valence-electron chi connectivity index (χ1n) is 10.5. The zero-order valence-corrected chi connectivity index (χ0v) is 17.0. The van der Waals surface area contributed by atoms with Crippen molar-refractivity contribution in [2.45, 2.75) is 32.7 Å². The quantitative estimate of drug-likeness (QED) is 0.693. The van der Waals surface area contributed by atoms with Crippen molar-refractivity contribution in [1.82, 2.24) is 34.6 Å². The Kier molecular flexibility index (Phi) is 4.52. The Morgan fingerprint density at radius 3 is 3.00 bits per heavy atom. The fourth-order valence-corrected chi connectivity index (χ4v) is 5.04. The number of aromatic nitrogens is 5. The van der Waals surface area contributed by atoms with E-state index in [0.29, 0.717) is 35.9 Å². The average Bonchev–Trinajstić information content (AvgIpc) is 3.53. The first kappa shape index (κ1) is 18.8. The van der Waals surface area contributed by atoms with E-state index in [4.69, 9.17) is 0 Å². The molecule has 0 spiro atoms. The van der Waals surface area contributed by atoms with Gasteiger partial charge in [0.1, 0.15) is 5.69 Å². The second-order valence-electron chi connectivity index (χ2n) is 8.34. The monoisotopic (exact) mass is 407 g/mol. The third-order valence-corrected chi connectivity index (χ3v) is 6.66. The van der Waals surface area contributed by atoms with Gasteiger partial charge in [-0.3, -0.25) is 14.3 Å². The summed E-state index contributed by atoms with van der Waals surface area (Å²) in [5.41, 5.74) is 1.68. The largest absolute Gasteiger partial charge is 0.350 e. The van der Waals surface area contributed by atoms with Gasteiger partial charge in [0.25, 0.3) is 11.8 Å². The lowest BCUT2D eigenvalue weighted by Gasteiger charge is -2.29. The van der Waals surface area contributed by atoms with Gasteiger partial charge in [0, 0.05) is 50.1 Å². The van der Waals surface area contributed by atoms with Crippen LogP contribution >= 0.6 is 0 Å². The average molecular weight is 407 g/mol. The van der Waals surface area contributed by atoms with Gasteiger partial charge >= 0.3 is 0 Å². The van der Waals surface area contributed by atoms with Gasteiger partial charge in [-0.15, -0.1) is 0 Å². The van der Waals surface area contributed by atoms with Crippen molar-refractivity contribution in [1.29, 1.82) is 0 Å². The number of carbonyl (C=O) groups excluding carboxylic acids is 2. The smallest absolute Gasteiger partial charge is 0.270 e. The molecule has 1 saturated heterocycles. The summed E-state index contributed by atoms with van der Waals surface area (Å²) in [6.07, 6.45) is 9.95. The molecule has 2 aliphatic rings. The normalized spacial score (nSPS) is 23.1. The molecule has 5 rings (SSSR count). The van der Waals surface area contributed by atoms with Crippen LogP contribution in [0.4, 0.5) is 0 Å². The number of amides is 2. The molecule has 2 amide bonds. The fourth-order valence-electron chi connectivity index (χ4n) is 5.04. The van der Waals surface area contributed by atoms with E-state index >= 15 is 0 Å². The highest BCUT2D eigenvalue weighted by Gasteiger charge is 2.50. The SMILES string of the molecule is CCn1cc(C(=O)N2C[C@@H]3CCC[C@]3(CNC(=O)c3ccnc4ccnn34)C2)cn1. The van der Waals surface area contributed by atoms with Gasteiger partial charge < -0.3 is 10.2 Å². The Hall–Kier alpha value is -3.23. The van der Waals surface area contributed by atoms with Crippen molar-refractivity contribution in [3.05, 3.63) is 48.2 Å². The second kappa shape index (κ2) is 7.23. The molecule has 3 aromatic rings. The molecule has 3 aromatic heterocycles. The van der Waals surface area contributed by atoms with Crippen molar-refractivity contribution in [2.24, 2.45) is 11.3 Å². The molecule has 9 heteroatoms. The van der Waals surface area contributed by atoms with Crippen LogP contribution in [0.1, 0.15) is 47.0 Å². The molecule has 0 aromatic carbocycles. The van der Waals surface area contributed by atoms with Crippen LogP contribution < -0.4 is 5.32 Å². The van der Waals surface area contributed by atoms with Crippen LogP contribution in [0.25, 0.3) is 5.65 Å². The molecule has 0 bridgehead atoms. The van der Waals surface area contributed by atoms with Crippen LogP contribution in [0.5, 0.6) is 0 Å². The lowest BCUT2D eigenvalue weighted by atomic mass is 9.80. The van der Waals surface area contributed by atoms with E-state index in [2.05, 4.69) is 20.5 Å². The number of likely N-dealkylation sites (tertiary alicyclic amines) is 1. The van der Waals surface area contributed by atoms with Gasteiger partial charge in [0.2, 0.25) is 0 Å². The Balaban J connectivity index is 1.30. The minimum absolute atomic E-state index is 0.0298. The Labute approximate surface area is 174 Å². The van der Waals surface area contributed by atoms with Gasteiger partial charge in [-0.1, -0.05) is 6.42 Å². The van der Waals surface area contributed by atoms with Crippen LogP contribution in [-0.4, -0.2) is 60.7 Å². The molecule has 30 heavy (non-hydrogen) atoms. The summed E-state index contributed by atoms with van der Waals surface area (Å²) in [4.78, 5) is 32.0. The molecule has 4 heterocycles. The minimum Gasteiger partial charge on any atom is -0.350 e. The second-order valence-corrected chi connectivity index (χ2v) is 8.34. The maximum absolute atomic E-state index is 13.0. The number of carbonyl (C=O) groups is 2. The first-order valence-corrected chi connectivity index (χ1v) is 10.5. The van der Waals surface area contributed by atoms with Gasteiger partial charge in [0.15, 0.2) is 5.65 Å². The summed E-state index contributed by atoms with van der Waals surface area (Å²) in [6, 6.07) is 3.44. The number of nitrogens with zero attached hydrogens (tertiary/aromatic N) is 6. The van der Waals surface area contributed by atoms with E-state index in [0.717, 1.165) is 32.4 Å². The molecule has 156 valence electrons. The number of aryl methyl sites for hydroxylation is 1. The van der Waals surface area contributed by atoms with Gasteiger partial charge in [0.05, 0.1) is 18.0 Å². The van der Waals surface area contributed by atoms with Gasteiger partial charge in [-0.2, -0.15) is 10.2 Å². The zero-order chi connectivity index (χ0) is 20.7. The Morgan fingerprint density at radius 1 is 1.27 bits per heavy atom. The highest BCUT2D eigenvalue weighted by atomic mass is 16.2. The molecular formula is C21H25N7O2. The number of nitrogens with one attached hydrogen (secondary N) is 1. The molecular weight excluding hydrogens is 382 g/mol. The van der Waals surface area contributed by atoms with E-state index < -0.39 is 0 Å². The summed E-state index contributed by atoms with van der Waals surface area (Å²) in [6.45, 7) is 4.70. The zero-order valence-electron chi connectivity index (χ0n) is 17.0. The number of fused-ring (bicyclic) bond motifs is 2. The third kappa shape index (κ3) is 3.05. The molecule has 9 nitrogen and oxygen atoms in total. The maximum Gasteiger partial charge on any atom is 0.270 e. The molecule has 1 saturated carbocycles. The first-order chi connectivity index (χ1) is 14.6. The molecule has 1 N–H and O–H groups in total. The Bertz CT molecular complexity index is 1100. The Morgan fingerprint density at radius 2 is 2.17 bits per heavy atom. The number of hydrogen-bond donors (Lipinski definition) is 1. The van der Waals surface area contributed by atoms with Crippen molar-refractivity contribution >= 4 is 17.5 Å². The molecule has 0 unspecified atom stereocenters. The van der Waals surface area contributed by atoms with Crippen molar-refractivity contribution in [2.75, 3.05) is 19.6 Å². The van der Waals surface area contributed by atoms with E-state index in [1.54, 1.807) is 39.9 Å². The predicted octanol–water partition coefficient (Wildman–Crippen LogP) is 1.62. The third-order valence-electron chi connectivity index (χ3n) is 6.66. The fraction of sp³-hybridized carbons (Fsp3) is 0.476. The van der Waals surface area contributed by atoms with E-state index in [9.17, 15) is 9.59 Å². The standard InChI is InChI=1S/C21H25N7O2/c1-2-27-11-15(10-25-27)20(30)26-12-16-4-3-7-21(16,14-26)13-23-19(29)17-5-8-22-18-6-9-24-28(17)18/h5-6,8-11,16H,2-4,7,12-14H2,1H3,(H,23,29)/t16-,21-/m0/s1. The molecule has 0 radical (unpaired) electrons. The van der Waals surface area contributed by atoms with Crippen LogP contribution in [0.3, 0.4) is 0 Å². The highest BCUT2D eigenvalue weighted by molar-refractivity contribution is 5.94. The van der Waals surface area contributed by atoms with Gasteiger partial charge in [-0.25, -0.2) is 9.50 Å². The molecule has 2 fully saturated rings. The summed E-state index contributed by atoms with van der Waals surface area (Å²) in [7, 11) is 0. The van der Waals surface area contributed by atoms with Crippen LogP contribution in [0, 0.1) is 11.3 Å². The van der Waals surface area contributed by atoms with Crippen LogP contribution in [-0.2, 0) is 6.54 Å². The number of rotatable bonds is 5. The lowest BCUT2D eigenvalue weighted by molar-refractivity contribution is 0.0767. The molecule has 1 aliphatic heterocycles. The highest BCUT2D eigenvalue weighted by Crippen LogP contribution is 2.48. The number of hydrogen-bond acceptors (Lipinski definition) is 5. The van der Waals surface area contributed by atoms with Crippen molar-refractivity contribution < 1.29 is 9.59 Å². The van der Waals surface area contributed by atoms with Gasteiger partial charge in [-0.05, 0) is 31.7 Å². The molecule has 1 aliphatic carbocycles. The summed E-state index contributed by atoms with van der Waals surface area (Å²) in [5, 5.41) is 11.5. The maximum atomic E-state index is 13.0. The molecule has 2 atom stereocenters. The summed E-state index contributed by atoms with van der Waals surface area (Å²) < 4.78 is 3.32. The van der Waals surface area contributed by atoms with Crippen molar-refractivity contribution in [3.8, 4) is 0 Å². The van der Waals surface area contributed by atoms with E-state index in [-0.39, 0.29) is 17.2 Å².